The van der Waals surface area contributed by atoms with Crippen LogP contribution in [0.25, 0.3) is 0 Å². The summed E-state index contributed by atoms with van der Waals surface area (Å²) in [6.07, 6.45) is 2.96. The van der Waals surface area contributed by atoms with E-state index in [-0.39, 0.29) is 0 Å². The van der Waals surface area contributed by atoms with Gasteiger partial charge in [-0.1, -0.05) is 34.6 Å². The molecule has 0 saturated carbocycles. The van der Waals surface area contributed by atoms with Gasteiger partial charge in [-0.25, -0.2) is 0 Å². The van der Waals surface area contributed by atoms with E-state index in [1.807, 2.05) is 27.7 Å². The van der Waals surface area contributed by atoms with Crippen molar-refractivity contribution >= 4 is 0 Å². The molecule has 1 aliphatic heterocycles. The molecule has 0 amide bonds. The monoisotopic (exact) mass is 203 g/mol. The van der Waals surface area contributed by atoms with Crippen LogP contribution in [0.15, 0.2) is 0 Å². The molecule has 2 unspecified atom stereocenters. The molecule has 1 rings (SSSR count). The van der Waals surface area contributed by atoms with Gasteiger partial charge in [-0.2, -0.15) is 0 Å². The van der Waals surface area contributed by atoms with Crippen LogP contribution in [0.2, 0.25) is 0 Å². The molecule has 0 aliphatic carbocycles. The zero-order chi connectivity index (χ0) is 11.4. The number of nitrogens with one attached hydrogen (secondary N) is 1. The lowest BCUT2D eigenvalue weighted by molar-refractivity contribution is 0.0981. The predicted octanol–water partition coefficient (Wildman–Crippen LogP) is 3.07. The van der Waals surface area contributed by atoms with E-state index < -0.39 is 0 Å². The van der Waals surface area contributed by atoms with Crippen LogP contribution in [0.4, 0.5) is 0 Å². The summed E-state index contributed by atoms with van der Waals surface area (Å²) in [5, 5.41) is 3.37. The first-order valence-electron chi connectivity index (χ1n) is 6.06. The molecule has 1 fully saturated rings. The van der Waals surface area contributed by atoms with E-state index in [4.69, 9.17) is 4.74 Å². The van der Waals surface area contributed by atoms with Crippen molar-refractivity contribution in [3.8, 4) is 0 Å². The minimum absolute atomic E-state index is 0.449. The lowest BCUT2D eigenvalue weighted by Gasteiger charge is -2.10. The van der Waals surface area contributed by atoms with E-state index >= 15 is 0 Å². The van der Waals surface area contributed by atoms with Gasteiger partial charge in [0.25, 0.3) is 0 Å². The number of hydrogen-bond acceptors (Lipinski definition) is 2. The second-order valence-corrected chi connectivity index (χ2v) is 3.20. The molecular weight excluding hydrogens is 174 g/mol. The summed E-state index contributed by atoms with van der Waals surface area (Å²) in [5.74, 6) is 0.820. The Balaban J connectivity index is 0. The summed E-state index contributed by atoms with van der Waals surface area (Å²) in [6.45, 7) is 12.5. The molecule has 0 radical (unpaired) electrons. The van der Waals surface area contributed by atoms with Gasteiger partial charge in [0.15, 0.2) is 0 Å². The average Bonchev–Trinajstić information content (AvgIpc) is 2.48. The molecule has 88 valence electrons. The van der Waals surface area contributed by atoms with Crippen molar-refractivity contribution < 1.29 is 4.74 Å². The van der Waals surface area contributed by atoms with Crippen LogP contribution in [0.3, 0.4) is 0 Å². The number of ether oxygens (including phenoxy) is 1. The van der Waals surface area contributed by atoms with Crippen LogP contribution in [0.1, 0.15) is 47.5 Å². The summed E-state index contributed by atoms with van der Waals surface area (Å²) in [4.78, 5) is 0. The Bertz CT molecular complexity index is 96.3. The van der Waals surface area contributed by atoms with Crippen LogP contribution in [-0.2, 0) is 4.74 Å². The van der Waals surface area contributed by atoms with E-state index in [1.54, 1.807) is 7.11 Å². The van der Waals surface area contributed by atoms with Gasteiger partial charge in [0.1, 0.15) is 0 Å². The zero-order valence-electron chi connectivity index (χ0n) is 10.9. The molecule has 0 aromatic heterocycles. The molecule has 0 bridgehead atoms. The molecule has 1 saturated heterocycles. The molecule has 0 spiro atoms. The van der Waals surface area contributed by atoms with Crippen molar-refractivity contribution in [1.82, 2.24) is 5.32 Å². The van der Waals surface area contributed by atoms with E-state index in [9.17, 15) is 0 Å². The Morgan fingerprint density at radius 1 is 1.00 bits per heavy atom. The molecule has 1 N–H and O–H groups in total. The first-order valence-corrected chi connectivity index (χ1v) is 6.06. The smallest absolute Gasteiger partial charge is 0.0695 e. The highest BCUT2D eigenvalue weighted by Gasteiger charge is 2.13. The van der Waals surface area contributed by atoms with Gasteiger partial charge in [0.05, 0.1) is 6.10 Å². The van der Waals surface area contributed by atoms with Crippen molar-refractivity contribution in [2.75, 3.05) is 20.2 Å². The largest absolute Gasteiger partial charge is 0.380 e. The van der Waals surface area contributed by atoms with Crippen LogP contribution < -0.4 is 5.32 Å². The molecule has 0 aromatic rings. The fourth-order valence-corrected chi connectivity index (χ4v) is 1.37. The third kappa shape index (κ3) is 8.52. The highest BCUT2D eigenvalue weighted by molar-refractivity contribution is 4.70. The first kappa shape index (κ1) is 16.4. The van der Waals surface area contributed by atoms with Crippen molar-refractivity contribution in [2.24, 2.45) is 5.92 Å². The Kier molecular flexibility index (Phi) is 15.1. The number of methoxy groups -OCH3 is 1. The quantitative estimate of drug-likeness (QED) is 0.707. The lowest BCUT2D eigenvalue weighted by atomic mass is 10.1. The predicted molar refractivity (Wildman–Crippen MR) is 64.8 cm³/mol. The Morgan fingerprint density at radius 2 is 1.57 bits per heavy atom. The molecule has 1 aliphatic rings. The second kappa shape index (κ2) is 12.9. The zero-order valence-corrected chi connectivity index (χ0v) is 10.9. The van der Waals surface area contributed by atoms with E-state index in [0.29, 0.717) is 6.10 Å². The summed E-state index contributed by atoms with van der Waals surface area (Å²) >= 11 is 0. The minimum Gasteiger partial charge on any atom is -0.380 e. The number of rotatable bonds is 1. The van der Waals surface area contributed by atoms with Gasteiger partial charge in [-0.05, 0) is 25.3 Å². The first-order chi connectivity index (χ1) is 6.83. The SMILES string of the molecule is CC.CC.COC1CCC(C)CNC1. The molecule has 2 atom stereocenters. The van der Waals surface area contributed by atoms with Gasteiger partial charge in [0, 0.05) is 13.7 Å². The molecule has 2 nitrogen and oxygen atoms in total. The van der Waals surface area contributed by atoms with Crippen LogP contribution in [-0.4, -0.2) is 26.3 Å². The Morgan fingerprint density at radius 3 is 2.07 bits per heavy atom. The topological polar surface area (TPSA) is 21.3 Å². The maximum Gasteiger partial charge on any atom is 0.0695 e. The van der Waals surface area contributed by atoms with Gasteiger partial charge in [0.2, 0.25) is 0 Å². The summed E-state index contributed by atoms with van der Waals surface area (Å²) in [7, 11) is 1.79. The van der Waals surface area contributed by atoms with Gasteiger partial charge >= 0.3 is 0 Å². The summed E-state index contributed by atoms with van der Waals surface area (Å²) < 4.78 is 5.26. The van der Waals surface area contributed by atoms with Gasteiger partial charge in [-0.3, -0.25) is 0 Å². The van der Waals surface area contributed by atoms with Crippen molar-refractivity contribution in [3.63, 3.8) is 0 Å². The minimum atomic E-state index is 0.449. The third-order valence-corrected chi connectivity index (χ3v) is 2.18. The molecule has 0 aromatic carbocycles. The van der Waals surface area contributed by atoms with E-state index in [0.717, 1.165) is 19.0 Å². The summed E-state index contributed by atoms with van der Waals surface area (Å²) in [6, 6.07) is 0. The Labute approximate surface area is 90.4 Å². The fraction of sp³-hybridized carbons (Fsp3) is 1.00. The highest BCUT2D eigenvalue weighted by Crippen LogP contribution is 2.11. The standard InChI is InChI=1S/C8H17NO.2C2H6/c1-7-3-4-8(10-2)6-9-5-7;2*1-2/h7-9H,3-6H2,1-2H3;2*1-2H3. The highest BCUT2D eigenvalue weighted by atomic mass is 16.5. The van der Waals surface area contributed by atoms with Crippen molar-refractivity contribution in [3.05, 3.63) is 0 Å². The second-order valence-electron chi connectivity index (χ2n) is 3.20. The van der Waals surface area contributed by atoms with E-state index in [2.05, 4.69) is 12.2 Å². The lowest BCUT2D eigenvalue weighted by Crippen LogP contribution is -2.26. The average molecular weight is 203 g/mol. The third-order valence-electron chi connectivity index (χ3n) is 2.18. The van der Waals surface area contributed by atoms with Crippen molar-refractivity contribution in [2.45, 2.75) is 53.6 Å². The maximum atomic E-state index is 5.26. The van der Waals surface area contributed by atoms with E-state index in [1.165, 1.54) is 12.8 Å². The molecule has 14 heavy (non-hydrogen) atoms. The molecular formula is C12H29NO. The summed E-state index contributed by atoms with van der Waals surface area (Å²) in [5.41, 5.74) is 0. The van der Waals surface area contributed by atoms with Crippen LogP contribution in [0, 0.1) is 5.92 Å². The normalized spacial score (nSPS) is 26.1. The van der Waals surface area contributed by atoms with Gasteiger partial charge in [-0.15, -0.1) is 0 Å². The molecule has 2 heteroatoms. The number of hydrogen-bond donors (Lipinski definition) is 1. The van der Waals surface area contributed by atoms with Gasteiger partial charge < -0.3 is 10.1 Å². The maximum absolute atomic E-state index is 5.26. The van der Waals surface area contributed by atoms with Crippen molar-refractivity contribution in [1.29, 1.82) is 0 Å². The Hall–Kier alpha value is -0.0800. The fourth-order valence-electron chi connectivity index (χ4n) is 1.37. The van der Waals surface area contributed by atoms with Crippen LogP contribution in [0.5, 0.6) is 0 Å². The van der Waals surface area contributed by atoms with Crippen LogP contribution >= 0.6 is 0 Å². The molecule has 1 heterocycles.